The van der Waals surface area contributed by atoms with E-state index in [-0.39, 0.29) is 11.2 Å². The Morgan fingerprint density at radius 2 is 2.04 bits per heavy atom. The predicted octanol–water partition coefficient (Wildman–Crippen LogP) is 3.82. The lowest BCUT2D eigenvalue weighted by Gasteiger charge is -2.14. The summed E-state index contributed by atoms with van der Waals surface area (Å²) < 4.78 is 2.04. The van der Waals surface area contributed by atoms with Gasteiger partial charge in [-0.1, -0.05) is 43.8 Å². The molecule has 1 heterocycles. The van der Waals surface area contributed by atoms with Gasteiger partial charge in [-0.15, -0.1) is 0 Å². The van der Waals surface area contributed by atoms with Crippen molar-refractivity contribution in [3.63, 3.8) is 0 Å². The van der Waals surface area contributed by atoms with E-state index in [1.54, 1.807) is 6.20 Å². The second-order valence-corrected chi connectivity index (χ2v) is 7.41. The molecule has 23 heavy (non-hydrogen) atoms. The Morgan fingerprint density at radius 3 is 2.74 bits per heavy atom. The number of carbonyl (C=O) groups is 1. The van der Waals surface area contributed by atoms with Gasteiger partial charge in [-0.3, -0.25) is 9.36 Å². The van der Waals surface area contributed by atoms with Gasteiger partial charge in [0.05, 0.1) is 10.9 Å². The van der Waals surface area contributed by atoms with Gasteiger partial charge in [0, 0.05) is 18.9 Å². The van der Waals surface area contributed by atoms with Gasteiger partial charge in [0.25, 0.3) is 0 Å². The molecule has 0 radical (unpaired) electrons. The average Bonchev–Trinajstić information content (AvgIpc) is 2.95. The number of amides is 1. The minimum atomic E-state index is -0.174. The van der Waals surface area contributed by atoms with Crippen LogP contribution in [0.2, 0.25) is 0 Å². The summed E-state index contributed by atoms with van der Waals surface area (Å²) in [7, 11) is 0. The Morgan fingerprint density at radius 1 is 1.30 bits per heavy atom. The molecule has 0 aliphatic rings. The normalized spacial score (nSPS) is 12.4. The maximum Gasteiger partial charge on any atom is 0.233 e. The van der Waals surface area contributed by atoms with Crippen LogP contribution in [0.3, 0.4) is 0 Å². The Bertz CT molecular complexity index is 651. The van der Waals surface area contributed by atoms with Crippen molar-refractivity contribution < 1.29 is 4.79 Å². The Kier molecular flexibility index (Phi) is 6.28. The van der Waals surface area contributed by atoms with Crippen LogP contribution in [0.4, 0.5) is 0 Å². The molecule has 0 bridgehead atoms. The molecule has 1 amide bonds. The predicted molar refractivity (Wildman–Crippen MR) is 96.1 cm³/mol. The van der Waals surface area contributed by atoms with Crippen LogP contribution in [-0.2, 0) is 4.79 Å². The number of carbonyl (C=O) groups excluding carboxylic acids is 1. The number of nitrogens with zero attached hydrogens (tertiary/aromatic N) is 2. The van der Waals surface area contributed by atoms with Gasteiger partial charge in [0.2, 0.25) is 5.91 Å². The Hall–Kier alpha value is -1.75. The first-order chi connectivity index (χ1) is 11.0. The maximum absolute atomic E-state index is 12.2. The van der Waals surface area contributed by atoms with Gasteiger partial charge in [-0.2, -0.15) is 0 Å². The molecule has 1 aromatic carbocycles. The third kappa shape index (κ3) is 4.86. The molecular weight excluding hydrogens is 306 g/mol. The molecule has 2 rings (SSSR count). The van der Waals surface area contributed by atoms with Crippen molar-refractivity contribution in [2.24, 2.45) is 5.92 Å². The maximum atomic E-state index is 12.2. The van der Waals surface area contributed by atoms with Crippen LogP contribution in [0.5, 0.6) is 0 Å². The fourth-order valence-electron chi connectivity index (χ4n) is 2.23. The quantitative estimate of drug-likeness (QED) is 0.785. The zero-order valence-electron chi connectivity index (χ0n) is 14.2. The fraction of sp³-hybridized carbons (Fsp3) is 0.444. The zero-order valence-corrected chi connectivity index (χ0v) is 15.1. The molecule has 0 saturated carbocycles. The topological polar surface area (TPSA) is 46.9 Å². The van der Waals surface area contributed by atoms with Crippen molar-refractivity contribution >= 4 is 17.7 Å². The highest BCUT2D eigenvalue weighted by molar-refractivity contribution is 8.00. The molecule has 2 aromatic rings. The first-order valence-corrected chi connectivity index (χ1v) is 8.90. The smallest absolute Gasteiger partial charge is 0.233 e. The van der Waals surface area contributed by atoms with Crippen molar-refractivity contribution in [2.45, 2.75) is 44.5 Å². The molecule has 0 aliphatic carbocycles. The van der Waals surface area contributed by atoms with Crippen LogP contribution in [-0.4, -0.2) is 27.3 Å². The van der Waals surface area contributed by atoms with Crippen LogP contribution < -0.4 is 5.32 Å². The van der Waals surface area contributed by atoms with E-state index in [1.165, 1.54) is 17.3 Å². The summed E-state index contributed by atoms with van der Waals surface area (Å²) in [6.07, 6.45) is 4.72. The van der Waals surface area contributed by atoms with Crippen LogP contribution in [0, 0.1) is 12.8 Å². The molecule has 4 nitrogen and oxygen atoms in total. The van der Waals surface area contributed by atoms with Crippen molar-refractivity contribution in [1.29, 1.82) is 0 Å². The number of hydrogen-bond donors (Lipinski definition) is 1. The lowest BCUT2D eigenvalue weighted by Crippen LogP contribution is -2.32. The van der Waals surface area contributed by atoms with E-state index in [1.807, 2.05) is 29.8 Å². The first-order valence-electron chi connectivity index (χ1n) is 8.02. The monoisotopic (exact) mass is 331 g/mol. The third-order valence-electron chi connectivity index (χ3n) is 3.65. The Labute approximate surface area is 142 Å². The van der Waals surface area contributed by atoms with Gasteiger partial charge >= 0.3 is 0 Å². The van der Waals surface area contributed by atoms with Gasteiger partial charge in [-0.05, 0) is 37.8 Å². The number of aryl methyl sites for hydroxylation is 1. The number of rotatable bonds is 7. The van der Waals surface area contributed by atoms with Crippen molar-refractivity contribution in [1.82, 2.24) is 14.9 Å². The second kappa shape index (κ2) is 8.20. The molecule has 0 fully saturated rings. The SMILES string of the molecule is Cc1ccccc1-n1ccnc1SC(C)C(=O)NCCC(C)C. The summed E-state index contributed by atoms with van der Waals surface area (Å²) in [5.74, 6) is 0.660. The summed E-state index contributed by atoms with van der Waals surface area (Å²) >= 11 is 1.49. The minimum Gasteiger partial charge on any atom is -0.355 e. The lowest BCUT2D eigenvalue weighted by atomic mass is 10.1. The minimum absolute atomic E-state index is 0.0648. The van der Waals surface area contributed by atoms with Crippen LogP contribution in [0.25, 0.3) is 5.69 Å². The van der Waals surface area contributed by atoms with Gasteiger partial charge in [0.15, 0.2) is 5.16 Å². The van der Waals surface area contributed by atoms with Crippen molar-refractivity contribution in [2.75, 3.05) is 6.54 Å². The number of nitrogens with one attached hydrogen (secondary N) is 1. The number of hydrogen-bond acceptors (Lipinski definition) is 3. The number of thioether (sulfide) groups is 1. The van der Waals surface area contributed by atoms with E-state index >= 15 is 0 Å². The van der Waals surface area contributed by atoms with Gasteiger partial charge < -0.3 is 5.32 Å². The van der Waals surface area contributed by atoms with E-state index in [0.717, 1.165) is 23.8 Å². The molecule has 124 valence electrons. The highest BCUT2D eigenvalue weighted by atomic mass is 32.2. The highest BCUT2D eigenvalue weighted by Gasteiger charge is 2.17. The average molecular weight is 331 g/mol. The molecular formula is C18H25N3OS. The first kappa shape index (κ1) is 17.6. The number of aromatic nitrogens is 2. The van der Waals surface area contributed by atoms with E-state index in [4.69, 9.17) is 0 Å². The lowest BCUT2D eigenvalue weighted by molar-refractivity contribution is -0.120. The molecule has 0 aliphatic heterocycles. The van der Waals surface area contributed by atoms with E-state index in [9.17, 15) is 4.79 Å². The van der Waals surface area contributed by atoms with E-state index in [0.29, 0.717) is 5.92 Å². The van der Waals surface area contributed by atoms with Crippen molar-refractivity contribution in [3.8, 4) is 5.69 Å². The third-order valence-corrected chi connectivity index (χ3v) is 4.73. The second-order valence-electron chi connectivity index (χ2n) is 6.10. The summed E-state index contributed by atoms with van der Waals surface area (Å²) in [5, 5.41) is 3.66. The number of benzene rings is 1. The molecule has 0 spiro atoms. The summed E-state index contributed by atoms with van der Waals surface area (Å²) in [6, 6.07) is 8.17. The molecule has 1 unspecified atom stereocenters. The fourth-order valence-corrected chi connectivity index (χ4v) is 3.13. The van der Waals surface area contributed by atoms with Gasteiger partial charge in [-0.25, -0.2) is 4.98 Å². The Balaban J connectivity index is 2.03. The number of para-hydroxylation sites is 1. The van der Waals surface area contributed by atoms with Crippen LogP contribution >= 0.6 is 11.8 Å². The van der Waals surface area contributed by atoms with Gasteiger partial charge in [0.1, 0.15) is 0 Å². The molecule has 1 aromatic heterocycles. The standard InChI is InChI=1S/C18H25N3OS/c1-13(2)9-10-19-17(22)15(4)23-18-20-11-12-21(18)16-8-6-5-7-14(16)3/h5-8,11-13,15H,9-10H2,1-4H3,(H,19,22). The summed E-state index contributed by atoms with van der Waals surface area (Å²) in [6.45, 7) is 9.04. The molecule has 1 N–H and O–H groups in total. The highest BCUT2D eigenvalue weighted by Crippen LogP contribution is 2.25. The molecule has 0 saturated heterocycles. The summed E-state index contributed by atoms with van der Waals surface area (Å²) in [4.78, 5) is 16.6. The van der Waals surface area contributed by atoms with E-state index in [2.05, 4.69) is 43.2 Å². The summed E-state index contributed by atoms with van der Waals surface area (Å²) in [5.41, 5.74) is 2.28. The molecule has 1 atom stereocenters. The zero-order chi connectivity index (χ0) is 16.8. The van der Waals surface area contributed by atoms with Crippen LogP contribution in [0.1, 0.15) is 32.8 Å². The largest absolute Gasteiger partial charge is 0.355 e. The molecule has 5 heteroatoms. The number of imidazole rings is 1. The van der Waals surface area contributed by atoms with Crippen LogP contribution in [0.15, 0.2) is 41.8 Å². The van der Waals surface area contributed by atoms with E-state index < -0.39 is 0 Å². The van der Waals surface area contributed by atoms with Crippen molar-refractivity contribution in [3.05, 3.63) is 42.2 Å².